The Hall–Kier alpha value is -0.710. The predicted octanol–water partition coefficient (Wildman–Crippen LogP) is 4.11. The summed E-state index contributed by atoms with van der Waals surface area (Å²) in [7, 11) is 4.25. The second-order valence-corrected chi connectivity index (χ2v) is 9.64. The number of halogens is 1. The standard InChI is InChI=1S/C19H27ClN2OS/c1-18(2)10-19(11-21(3)4)12-22(9-16(18)19)17(23)14-8-13(24-5)6-7-15(14)20/h6-8,16H,9-12H2,1-5H3/t16-,19+/m1/s1. The summed E-state index contributed by atoms with van der Waals surface area (Å²) >= 11 is 7.96. The molecular weight excluding hydrogens is 340 g/mol. The topological polar surface area (TPSA) is 23.6 Å². The summed E-state index contributed by atoms with van der Waals surface area (Å²) in [5.74, 6) is 0.651. The fourth-order valence-corrected chi connectivity index (χ4v) is 5.73. The first kappa shape index (κ1) is 18.1. The lowest BCUT2D eigenvalue weighted by Crippen LogP contribution is -2.57. The van der Waals surface area contributed by atoms with Gasteiger partial charge in [-0.2, -0.15) is 0 Å². The fourth-order valence-electron chi connectivity index (χ4n) is 5.09. The second kappa shape index (κ2) is 6.22. The van der Waals surface area contributed by atoms with Gasteiger partial charge in [0.2, 0.25) is 0 Å². The molecule has 1 aromatic carbocycles. The van der Waals surface area contributed by atoms with E-state index in [1.807, 2.05) is 29.4 Å². The number of rotatable bonds is 4. The molecule has 24 heavy (non-hydrogen) atoms. The van der Waals surface area contributed by atoms with Crippen LogP contribution >= 0.6 is 23.4 Å². The van der Waals surface area contributed by atoms with Crippen molar-refractivity contribution < 1.29 is 4.79 Å². The molecule has 1 amide bonds. The number of fused-ring (bicyclic) bond motifs is 1. The predicted molar refractivity (Wildman–Crippen MR) is 102 cm³/mol. The zero-order valence-electron chi connectivity index (χ0n) is 15.2. The van der Waals surface area contributed by atoms with Crippen LogP contribution in [0, 0.1) is 16.7 Å². The number of hydrogen-bond acceptors (Lipinski definition) is 3. The Bertz CT molecular complexity index is 657. The van der Waals surface area contributed by atoms with Gasteiger partial charge in [0.05, 0.1) is 10.6 Å². The third-order valence-electron chi connectivity index (χ3n) is 5.72. The molecule has 2 aliphatic rings. The van der Waals surface area contributed by atoms with Gasteiger partial charge >= 0.3 is 0 Å². The number of carbonyl (C=O) groups excluding carboxylic acids is 1. The summed E-state index contributed by atoms with van der Waals surface area (Å²) in [5, 5.41) is 0.554. The number of nitrogens with zero attached hydrogens (tertiary/aromatic N) is 2. The highest BCUT2D eigenvalue weighted by Gasteiger charge is 2.63. The first-order valence-corrected chi connectivity index (χ1v) is 10.1. The van der Waals surface area contributed by atoms with Gasteiger partial charge in [0, 0.05) is 29.9 Å². The van der Waals surface area contributed by atoms with E-state index >= 15 is 0 Å². The lowest BCUT2D eigenvalue weighted by molar-refractivity contribution is -0.0789. The number of carbonyl (C=O) groups is 1. The van der Waals surface area contributed by atoms with Gasteiger partial charge in [0.1, 0.15) is 0 Å². The van der Waals surface area contributed by atoms with Crippen LogP contribution in [0.4, 0.5) is 0 Å². The average molecular weight is 367 g/mol. The minimum Gasteiger partial charge on any atom is -0.338 e. The molecule has 1 aliphatic carbocycles. The van der Waals surface area contributed by atoms with E-state index in [-0.39, 0.29) is 11.3 Å². The van der Waals surface area contributed by atoms with Crippen molar-refractivity contribution in [3.8, 4) is 0 Å². The largest absolute Gasteiger partial charge is 0.338 e. The summed E-state index contributed by atoms with van der Waals surface area (Å²) in [6.07, 6.45) is 3.20. The SMILES string of the molecule is CSc1ccc(Cl)c(C(=O)N2C[C@@H]3C(C)(C)C[C@]3(CN(C)C)C2)c1. The maximum absolute atomic E-state index is 13.1. The summed E-state index contributed by atoms with van der Waals surface area (Å²) in [6.45, 7) is 7.41. The number of likely N-dealkylation sites (tertiary alicyclic amines) is 1. The zero-order valence-corrected chi connectivity index (χ0v) is 16.8. The van der Waals surface area contributed by atoms with Gasteiger partial charge < -0.3 is 9.80 Å². The first-order chi connectivity index (χ1) is 11.2. The van der Waals surface area contributed by atoms with Gasteiger partial charge in [0.25, 0.3) is 5.91 Å². The molecule has 0 unspecified atom stereocenters. The molecule has 1 saturated heterocycles. The van der Waals surface area contributed by atoms with Crippen molar-refractivity contribution >= 4 is 29.3 Å². The Morgan fingerprint density at radius 3 is 2.71 bits per heavy atom. The van der Waals surface area contributed by atoms with Crippen LogP contribution in [-0.4, -0.2) is 55.7 Å². The molecule has 1 saturated carbocycles. The molecule has 132 valence electrons. The lowest BCUT2D eigenvalue weighted by Gasteiger charge is -2.57. The molecule has 2 atom stereocenters. The Morgan fingerprint density at radius 1 is 1.42 bits per heavy atom. The average Bonchev–Trinajstić information content (AvgIpc) is 2.81. The molecule has 0 spiro atoms. The summed E-state index contributed by atoms with van der Waals surface area (Å²) in [4.78, 5) is 18.5. The van der Waals surface area contributed by atoms with Gasteiger partial charge in [-0.25, -0.2) is 0 Å². The summed E-state index contributed by atoms with van der Waals surface area (Å²) in [5.41, 5.74) is 1.20. The van der Waals surface area contributed by atoms with Crippen LogP contribution in [0.2, 0.25) is 5.02 Å². The van der Waals surface area contributed by atoms with E-state index < -0.39 is 0 Å². The van der Waals surface area contributed by atoms with E-state index in [4.69, 9.17) is 11.6 Å². The molecule has 1 aliphatic heterocycles. The van der Waals surface area contributed by atoms with Gasteiger partial charge in [-0.3, -0.25) is 4.79 Å². The Morgan fingerprint density at radius 2 is 2.12 bits per heavy atom. The molecule has 3 nitrogen and oxygen atoms in total. The number of hydrogen-bond donors (Lipinski definition) is 0. The van der Waals surface area contributed by atoms with Crippen molar-refractivity contribution in [3.63, 3.8) is 0 Å². The molecule has 0 radical (unpaired) electrons. The van der Waals surface area contributed by atoms with Crippen LogP contribution in [0.25, 0.3) is 0 Å². The van der Waals surface area contributed by atoms with Crippen molar-refractivity contribution in [1.29, 1.82) is 0 Å². The lowest BCUT2D eigenvalue weighted by atomic mass is 9.48. The molecule has 1 aromatic rings. The van der Waals surface area contributed by atoms with E-state index in [0.29, 0.717) is 21.9 Å². The van der Waals surface area contributed by atoms with Crippen LogP contribution < -0.4 is 0 Å². The molecule has 0 bridgehead atoms. The van der Waals surface area contributed by atoms with E-state index in [2.05, 4.69) is 32.8 Å². The van der Waals surface area contributed by atoms with Crippen molar-refractivity contribution in [2.24, 2.45) is 16.7 Å². The monoisotopic (exact) mass is 366 g/mol. The number of benzene rings is 1. The maximum atomic E-state index is 13.1. The van der Waals surface area contributed by atoms with Gasteiger partial charge in [-0.1, -0.05) is 25.4 Å². The van der Waals surface area contributed by atoms with Crippen LogP contribution in [0.3, 0.4) is 0 Å². The minimum atomic E-state index is 0.0826. The normalized spacial score (nSPS) is 28.0. The third-order valence-corrected chi connectivity index (χ3v) is 6.78. The Labute approximate surface area is 154 Å². The van der Waals surface area contributed by atoms with Crippen LogP contribution in [-0.2, 0) is 0 Å². The zero-order chi connectivity index (χ0) is 17.7. The van der Waals surface area contributed by atoms with E-state index in [1.165, 1.54) is 6.42 Å². The molecule has 0 N–H and O–H groups in total. The van der Waals surface area contributed by atoms with E-state index in [9.17, 15) is 4.79 Å². The smallest absolute Gasteiger partial charge is 0.255 e. The van der Waals surface area contributed by atoms with Gasteiger partial charge in [-0.15, -0.1) is 11.8 Å². The summed E-state index contributed by atoms with van der Waals surface area (Å²) in [6, 6.07) is 5.73. The first-order valence-electron chi connectivity index (χ1n) is 8.46. The quantitative estimate of drug-likeness (QED) is 0.749. The number of amides is 1. The van der Waals surface area contributed by atoms with Gasteiger partial charge in [0.15, 0.2) is 0 Å². The Kier molecular flexibility index (Phi) is 4.69. The van der Waals surface area contributed by atoms with Crippen molar-refractivity contribution in [2.45, 2.75) is 25.2 Å². The molecule has 1 heterocycles. The highest BCUT2D eigenvalue weighted by molar-refractivity contribution is 7.98. The minimum absolute atomic E-state index is 0.0826. The molecule has 0 aromatic heterocycles. The van der Waals surface area contributed by atoms with E-state index in [0.717, 1.165) is 24.5 Å². The van der Waals surface area contributed by atoms with Crippen LogP contribution in [0.15, 0.2) is 23.1 Å². The number of thioether (sulfide) groups is 1. The Balaban J connectivity index is 1.85. The van der Waals surface area contributed by atoms with Gasteiger partial charge in [-0.05, 0) is 56.3 Å². The van der Waals surface area contributed by atoms with E-state index in [1.54, 1.807) is 11.8 Å². The maximum Gasteiger partial charge on any atom is 0.255 e. The van der Waals surface area contributed by atoms with Crippen molar-refractivity contribution in [3.05, 3.63) is 28.8 Å². The second-order valence-electron chi connectivity index (χ2n) is 8.35. The highest BCUT2D eigenvalue weighted by atomic mass is 35.5. The van der Waals surface area contributed by atoms with Crippen LogP contribution in [0.5, 0.6) is 0 Å². The molecule has 2 fully saturated rings. The highest BCUT2D eigenvalue weighted by Crippen LogP contribution is 2.63. The van der Waals surface area contributed by atoms with Crippen LogP contribution in [0.1, 0.15) is 30.6 Å². The summed E-state index contributed by atoms with van der Waals surface area (Å²) < 4.78 is 0. The third kappa shape index (κ3) is 2.97. The van der Waals surface area contributed by atoms with Crippen molar-refractivity contribution in [2.75, 3.05) is 40.0 Å². The molecular formula is C19H27ClN2OS. The fraction of sp³-hybridized carbons (Fsp3) is 0.632. The molecule has 3 rings (SSSR count). The van der Waals surface area contributed by atoms with Crippen molar-refractivity contribution in [1.82, 2.24) is 9.80 Å². The molecule has 5 heteroatoms.